The lowest BCUT2D eigenvalue weighted by atomic mass is 10.1. The van der Waals surface area contributed by atoms with Gasteiger partial charge in [0.1, 0.15) is 12.6 Å². The molecule has 1 saturated carbocycles. The number of aryl methyl sites for hydroxylation is 1. The molecule has 2 aromatic rings. The topological polar surface area (TPSA) is 86.8 Å². The normalized spacial score (nSPS) is 14.9. The third-order valence-electron chi connectivity index (χ3n) is 6.42. The molecule has 2 amide bonds. The van der Waals surface area contributed by atoms with Crippen LogP contribution in [0.4, 0.5) is 5.69 Å². The van der Waals surface area contributed by atoms with Crippen molar-refractivity contribution in [1.82, 2.24) is 10.2 Å². The number of hydrogen-bond donors (Lipinski definition) is 1. The van der Waals surface area contributed by atoms with Gasteiger partial charge < -0.3 is 10.2 Å². The van der Waals surface area contributed by atoms with Crippen molar-refractivity contribution < 1.29 is 18.0 Å². The molecule has 2 aromatic carbocycles. The molecule has 0 heterocycles. The van der Waals surface area contributed by atoms with Gasteiger partial charge in [-0.3, -0.25) is 13.9 Å². The maximum atomic E-state index is 13.7. The highest BCUT2D eigenvalue weighted by Gasteiger charge is 2.33. The molecule has 196 valence electrons. The summed E-state index contributed by atoms with van der Waals surface area (Å²) < 4.78 is 26.4. The summed E-state index contributed by atoms with van der Waals surface area (Å²) in [4.78, 5) is 28.5. The zero-order valence-electron chi connectivity index (χ0n) is 20.8. The first kappa shape index (κ1) is 28.3. The SMILES string of the molecule is CC[C@H](C(=O)NC1CCCC1)N(Cc1ccc(C)cc1)C(=O)CN(c1ccc(Cl)cc1Cl)S(C)(=O)=O. The van der Waals surface area contributed by atoms with Gasteiger partial charge in [-0.25, -0.2) is 8.42 Å². The van der Waals surface area contributed by atoms with Crippen LogP contribution in [0.5, 0.6) is 0 Å². The van der Waals surface area contributed by atoms with Gasteiger partial charge in [-0.2, -0.15) is 0 Å². The molecular formula is C26H33Cl2N3O4S. The number of nitrogens with one attached hydrogen (secondary N) is 1. The van der Waals surface area contributed by atoms with E-state index in [0.717, 1.165) is 47.4 Å². The first-order valence-corrected chi connectivity index (χ1v) is 14.7. The van der Waals surface area contributed by atoms with Gasteiger partial charge in [-0.15, -0.1) is 0 Å². The van der Waals surface area contributed by atoms with Gasteiger partial charge >= 0.3 is 0 Å². The Balaban J connectivity index is 1.93. The first-order valence-electron chi connectivity index (χ1n) is 12.1. The van der Waals surface area contributed by atoms with E-state index in [1.165, 1.54) is 23.1 Å². The van der Waals surface area contributed by atoms with Crippen LogP contribution in [-0.4, -0.2) is 50.0 Å². The molecule has 3 rings (SSSR count). The molecule has 10 heteroatoms. The van der Waals surface area contributed by atoms with Crippen LogP contribution in [0, 0.1) is 6.92 Å². The fourth-order valence-corrected chi connectivity index (χ4v) is 5.88. The molecule has 1 aliphatic carbocycles. The Morgan fingerprint density at radius 2 is 1.72 bits per heavy atom. The summed E-state index contributed by atoms with van der Waals surface area (Å²) in [7, 11) is -3.87. The first-order chi connectivity index (χ1) is 17.0. The van der Waals surface area contributed by atoms with E-state index in [2.05, 4.69) is 5.32 Å². The number of carbonyl (C=O) groups is 2. The van der Waals surface area contributed by atoms with Gasteiger partial charge in [0, 0.05) is 17.6 Å². The van der Waals surface area contributed by atoms with Crippen LogP contribution in [-0.2, 0) is 26.2 Å². The van der Waals surface area contributed by atoms with Crippen molar-refractivity contribution in [2.45, 2.75) is 64.6 Å². The van der Waals surface area contributed by atoms with E-state index >= 15 is 0 Å². The molecule has 0 aliphatic heterocycles. The van der Waals surface area contributed by atoms with Crippen LogP contribution >= 0.6 is 23.2 Å². The minimum absolute atomic E-state index is 0.100. The standard InChI is InChI=1S/C26H33Cl2N3O4S/c1-4-23(26(33)29-21-7-5-6-8-21)30(16-19-11-9-18(2)10-12-19)25(32)17-31(36(3,34)35)24-14-13-20(27)15-22(24)28/h9-15,21,23H,4-8,16-17H2,1-3H3,(H,29,33)/t23-/m1/s1. The Kier molecular flexibility index (Phi) is 9.66. The average Bonchev–Trinajstić information content (AvgIpc) is 3.31. The van der Waals surface area contributed by atoms with Crippen LogP contribution in [0.2, 0.25) is 10.0 Å². The van der Waals surface area contributed by atoms with Crippen molar-refractivity contribution in [3.63, 3.8) is 0 Å². The molecule has 1 atom stereocenters. The molecule has 1 N–H and O–H groups in total. The molecule has 0 saturated heterocycles. The highest BCUT2D eigenvalue weighted by atomic mass is 35.5. The third-order valence-corrected chi connectivity index (χ3v) is 8.08. The molecule has 1 fully saturated rings. The predicted octanol–water partition coefficient (Wildman–Crippen LogP) is 4.93. The van der Waals surface area contributed by atoms with Crippen molar-refractivity contribution in [3.05, 3.63) is 63.6 Å². The van der Waals surface area contributed by atoms with E-state index < -0.39 is 28.5 Å². The van der Waals surface area contributed by atoms with Crippen molar-refractivity contribution in [3.8, 4) is 0 Å². The monoisotopic (exact) mass is 553 g/mol. The Bertz CT molecular complexity index is 1180. The van der Waals surface area contributed by atoms with Crippen molar-refractivity contribution in [1.29, 1.82) is 0 Å². The maximum absolute atomic E-state index is 13.7. The van der Waals surface area contributed by atoms with Crippen molar-refractivity contribution in [2.24, 2.45) is 0 Å². The Morgan fingerprint density at radius 1 is 1.08 bits per heavy atom. The smallest absolute Gasteiger partial charge is 0.244 e. The van der Waals surface area contributed by atoms with Gasteiger partial charge in [0.2, 0.25) is 21.8 Å². The van der Waals surface area contributed by atoms with Gasteiger partial charge in [0.05, 0.1) is 17.0 Å². The fourth-order valence-electron chi connectivity index (χ4n) is 4.46. The number of nitrogens with zero attached hydrogens (tertiary/aromatic N) is 2. The van der Waals surface area contributed by atoms with Gasteiger partial charge in [0.15, 0.2) is 0 Å². The summed E-state index contributed by atoms with van der Waals surface area (Å²) in [5, 5.41) is 3.54. The molecule has 36 heavy (non-hydrogen) atoms. The van der Waals surface area contributed by atoms with E-state index in [1.54, 1.807) is 0 Å². The van der Waals surface area contributed by atoms with E-state index in [0.29, 0.717) is 11.4 Å². The Morgan fingerprint density at radius 3 is 2.28 bits per heavy atom. The van der Waals surface area contributed by atoms with Crippen LogP contribution in [0.1, 0.15) is 50.2 Å². The summed E-state index contributed by atoms with van der Waals surface area (Å²) in [6.07, 6.45) is 5.38. The van der Waals surface area contributed by atoms with Crippen LogP contribution in [0.15, 0.2) is 42.5 Å². The van der Waals surface area contributed by atoms with Gasteiger partial charge in [-0.1, -0.05) is 72.8 Å². The largest absolute Gasteiger partial charge is 0.352 e. The Hall–Kier alpha value is -2.29. The molecule has 0 radical (unpaired) electrons. The van der Waals surface area contributed by atoms with Crippen molar-refractivity contribution >= 4 is 50.7 Å². The summed E-state index contributed by atoms with van der Waals surface area (Å²) in [5.41, 5.74) is 2.07. The van der Waals surface area contributed by atoms with Crippen molar-refractivity contribution in [2.75, 3.05) is 17.1 Å². The number of benzene rings is 2. The third kappa shape index (κ3) is 7.37. The number of hydrogen-bond acceptors (Lipinski definition) is 4. The lowest BCUT2D eigenvalue weighted by Gasteiger charge is -2.33. The minimum atomic E-state index is -3.87. The number of halogens is 2. The van der Waals surface area contributed by atoms with E-state index in [1.807, 2.05) is 38.1 Å². The van der Waals surface area contributed by atoms with Crippen LogP contribution in [0.25, 0.3) is 0 Å². The second-order valence-corrected chi connectivity index (χ2v) is 12.0. The summed E-state index contributed by atoms with van der Waals surface area (Å²) in [5.74, 6) is -0.722. The zero-order chi connectivity index (χ0) is 26.5. The summed E-state index contributed by atoms with van der Waals surface area (Å²) >= 11 is 12.3. The zero-order valence-corrected chi connectivity index (χ0v) is 23.2. The number of rotatable bonds is 10. The van der Waals surface area contributed by atoms with E-state index in [9.17, 15) is 18.0 Å². The molecule has 7 nitrogen and oxygen atoms in total. The van der Waals surface area contributed by atoms with Gasteiger partial charge in [-0.05, 0) is 49.9 Å². The number of sulfonamides is 1. The number of carbonyl (C=O) groups excluding carboxylic acids is 2. The van der Waals surface area contributed by atoms with Crippen LogP contribution < -0.4 is 9.62 Å². The van der Waals surface area contributed by atoms with Gasteiger partial charge in [0.25, 0.3) is 0 Å². The average molecular weight is 555 g/mol. The molecule has 0 aromatic heterocycles. The molecule has 1 aliphatic rings. The Labute approximate surface area is 223 Å². The minimum Gasteiger partial charge on any atom is -0.352 e. The quantitative estimate of drug-likeness (QED) is 0.451. The molecule has 0 spiro atoms. The van der Waals surface area contributed by atoms with Crippen LogP contribution in [0.3, 0.4) is 0 Å². The predicted molar refractivity (Wildman–Crippen MR) is 145 cm³/mol. The summed E-state index contributed by atoms with van der Waals surface area (Å²) in [6, 6.07) is 11.4. The highest BCUT2D eigenvalue weighted by molar-refractivity contribution is 7.92. The molecule has 0 unspecified atom stereocenters. The number of amides is 2. The molecule has 0 bridgehead atoms. The van der Waals surface area contributed by atoms with E-state index in [-0.39, 0.29) is 29.2 Å². The highest BCUT2D eigenvalue weighted by Crippen LogP contribution is 2.30. The molecular weight excluding hydrogens is 521 g/mol. The second-order valence-electron chi connectivity index (χ2n) is 9.29. The van der Waals surface area contributed by atoms with E-state index in [4.69, 9.17) is 23.2 Å². The lowest BCUT2D eigenvalue weighted by molar-refractivity contribution is -0.140. The maximum Gasteiger partial charge on any atom is 0.244 e. The summed E-state index contributed by atoms with van der Waals surface area (Å²) in [6.45, 7) is 3.48. The lowest BCUT2D eigenvalue weighted by Crippen LogP contribution is -2.53. The second kappa shape index (κ2) is 12.3. The fraction of sp³-hybridized carbons (Fsp3) is 0.462. The number of anilines is 1.